The van der Waals surface area contributed by atoms with Crippen molar-refractivity contribution in [3.05, 3.63) is 29.3 Å². The maximum absolute atomic E-state index is 12.2. The normalized spacial score (nSPS) is 16.6. The molecular formula is C19H28ClNO4. The topological polar surface area (TPSA) is 64.6 Å². The van der Waals surface area contributed by atoms with Crippen molar-refractivity contribution in [2.75, 3.05) is 13.2 Å². The van der Waals surface area contributed by atoms with Crippen molar-refractivity contribution in [1.29, 1.82) is 0 Å². The zero-order valence-electron chi connectivity index (χ0n) is 15.3. The van der Waals surface area contributed by atoms with Gasteiger partial charge in [-0.15, -0.1) is 12.4 Å². The number of carbonyl (C=O) groups excluding carboxylic acids is 2. The zero-order valence-corrected chi connectivity index (χ0v) is 16.2. The maximum atomic E-state index is 12.2. The molecule has 1 aromatic rings. The first kappa shape index (κ1) is 21.5. The summed E-state index contributed by atoms with van der Waals surface area (Å²) in [5.74, 6) is 0.137. The molecule has 1 aliphatic heterocycles. The highest BCUT2D eigenvalue weighted by Crippen LogP contribution is 2.34. The van der Waals surface area contributed by atoms with E-state index in [0.29, 0.717) is 5.75 Å². The number of hydrogen-bond acceptors (Lipinski definition) is 5. The third-order valence-electron chi connectivity index (χ3n) is 4.21. The largest absolute Gasteiger partial charge is 0.452 e. The lowest BCUT2D eigenvalue weighted by Gasteiger charge is -2.19. The molecule has 0 aromatic heterocycles. The minimum atomic E-state index is -0.545. The Morgan fingerprint density at radius 3 is 2.24 bits per heavy atom. The molecule has 140 valence electrons. The standard InChI is InChI=1S/C19H27NO4.ClH/c1-12(2)14-7-5-8-15(13(3)4)18(14)24-17(21)11-23-19(22)16-9-6-10-20-16;/h5,7-8,12-13,16,20H,6,9-11H2,1-4H3;1H/t16-;/m1./s1. The van der Waals surface area contributed by atoms with Gasteiger partial charge in [-0.25, -0.2) is 4.79 Å². The van der Waals surface area contributed by atoms with E-state index in [1.54, 1.807) is 0 Å². The highest BCUT2D eigenvalue weighted by atomic mass is 35.5. The molecule has 0 saturated carbocycles. The van der Waals surface area contributed by atoms with Crippen molar-refractivity contribution in [2.24, 2.45) is 0 Å². The zero-order chi connectivity index (χ0) is 17.7. The third kappa shape index (κ3) is 5.72. The predicted octanol–water partition coefficient (Wildman–Crippen LogP) is 3.56. The van der Waals surface area contributed by atoms with Crippen LogP contribution in [-0.2, 0) is 14.3 Å². The van der Waals surface area contributed by atoms with E-state index in [4.69, 9.17) is 9.47 Å². The number of ether oxygens (including phenoxy) is 2. The molecule has 0 amide bonds. The molecular weight excluding hydrogens is 342 g/mol. The van der Waals surface area contributed by atoms with E-state index in [9.17, 15) is 9.59 Å². The van der Waals surface area contributed by atoms with E-state index in [-0.39, 0.29) is 42.9 Å². The molecule has 1 aliphatic rings. The van der Waals surface area contributed by atoms with Gasteiger partial charge in [-0.2, -0.15) is 0 Å². The van der Waals surface area contributed by atoms with Crippen molar-refractivity contribution in [3.63, 3.8) is 0 Å². The maximum Gasteiger partial charge on any atom is 0.349 e. The summed E-state index contributed by atoms with van der Waals surface area (Å²) >= 11 is 0. The minimum Gasteiger partial charge on any atom is -0.452 e. The van der Waals surface area contributed by atoms with Crippen molar-refractivity contribution in [3.8, 4) is 5.75 Å². The summed E-state index contributed by atoms with van der Waals surface area (Å²) < 4.78 is 10.7. The van der Waals surface area contributed by atoms with Gasteiger partial charge in [0.15, 0.2) is 6.61 Å². The summed E-state index contributed by atoms with van der Waals surface area (Å²) in [6, 6.07) is 5.61. The summed E-state index contributed by atoms with van der Waals surface area (Å²) in [5, 5.41) is 3.05. The molecule has 0 radical (unpaired) electrons. The van der Waals surface area contributed by atoms with E-state index >= 15 is 0 Å². The number of hydrogen-bond donors (Lipinski definition) is 1. The molecule has 1 fully saturated rings. The van der Waals surface area contributed by atoms with Gasteiger partial charge < -0.3 is 14.8 Å². The van der Waals surface area contributed by atoms with Crippen molar-refractivity contribution in [2.45, 2.75) is 58.4 Å². The average molecular weight is 370 g/mol. The number of para-hydroxylation sites is 1. The Morgan fingerprint density at radius 2 is 1.76 bits per heavy atom. The molecule has 0 bridgehead atoms. The Hall–Kier alpha value is -1.59. The van der Waals surface area contributed by atoms with Crippen LogP contribution in [0.15, 0.2) is 18.2 Å². The fraction of sp³-hybridized carbons (Fsp3) is 0.579. The monoisotopic (exact) mass is 369 g/mol. The third-order valence-corrected chi connectivity index (χ3v) is 4.21. The van der Waals surface area contributed by atoms with Crippen LogP contribution in [0, 0.1) is 0 Å². The number of rotatable bonds is 6. The number of benzene rings is 1. The first-order valence-corrected chi connectivity index (χ1v) is 8.63. The van der Waals surface area contributed by atoms with Crippen LogP contribution in [0.5, 0.6) is 5.75 Å². The summed E-state index contributed by atoms with van der Waals surface area (Å²) in [5.41, 5.74) is 1.97. The van der Waals surface area contributed by atoms with E-state index in [1.807, 2.05) is 18.2 Å². The number of esters is 2. The molecule has 5 nitrogen and oxygen atoms in total. The lowest BCUT2D eigenvalue weighted by atomic mass is 9.94. The van der Waals surface area contributed by atoms with Crippen molar-refractivity contribution < 1.29 is 19.1 Å². The van der Waals surface area contributed by atoms with Crippen molar-refractivity contribution in [1.82, 2.24) is 5.32 Å². The highest BCUT2D eigenvalue weighted by molar-refractivity contribution is 5.85. The number of carbonyl (C=O) groups is 2. The van der Waals surface area contributed by atoms with Crippen LogP contribution >= 0.6 is 12.4 Å². The molecule has 0 aliphatic carbocycles. The van der Waals surface area contributed by atoms with E-state index in [1.165, 1.54) is 0 Å². The van der Waals surface area contributed by atoms with Gasteiger partial charge in [0.05, 0.1) is 0 Å². The van der Waals surface area contributed by atoms with Crippen LogP contribution in [0.3, 0.4) is 0 Å². The summed E-state index contributed by atoms with van der Waals surface area (Å²) in [4.78, 5) is 24.0. The Morgan fingerprint density at radius 1 is 1.16 bits per heavy atom. The smallest absolute Gasteiger partial charge is 0.349 e. The van der Waals surface area contributed by atoms with Gasteiger partial charge in [0.2, 0.25) is 0 Å². The van der Waals surface area contributed by atoms with Gasteiger partial charge in [0.1, 0.15) is 11.8 Å². The van der Waals surface area contributed by atoms with Crippen LogP contribution in [0.25, 0.3) is 0 Å². The SMILES string of the molecule is CC(C)c1cccc(C(C)C)c1OC(=O)COC(=O)[C@H]1CCCN1.Cl. The van der Waals surface area contributed by atoms with Gasteiger partial charge in [0, 0.05) is 0 Å². The molecule has 0 spiro atoms. The van der Waals surface area contributed by atoms with E-state index in [2.05, 4.69) is 33.0 Å². The van der Waals surface area contributed by atoms with Gasteiger partial charge >= 0.3 is 11.9 Å². The second-order valence-corrected chi connectivity index (χ2v) is 6.81. The lowest BCUT2D eigenvalue weighted by molar-refractivity contribution is -0.155. The summed E-state index contributed by atoms with van der Waals surface area (Å²) in [6.45, 7) is 8.68. The Bertz CT molecular complexity index is 569. The number of nitrogens with one attached hydrogen (secondary N) is 1. The Balaban J connectivity index is 0.00000312. The average Bonchev–Trinajstić information content (AvgIpc) is 3.06. The Labute approximate surface area is 155 Å². The van der Waals surface area contributed by atoms with Crippen molar-refractivity contribution >= 4 is 24.3 Å². The van der Waals surface area contributed by atoms with E-state index in [0.717, 1.165) is 30.5 Å². The van der Waals surface area contributed by atoms with Crippen LogP contribution in [0.1, 0.15) is 63.5 Å². The molecule has 1 atom stereocenters. The summed E-state index contributed by atoms with van der Waals surface area (Å²) in [6.07, 6.45) is 1.70. The molecule has 2 rings (SSSR count). The number of halogens is 1. The first-order chi connectivity index (χ1) is 11.4. The molecule has 1 aromatic carbocycles. The Kier molecular flexibility index (Phi) is 8.39. The van der Waals surface area contributed by atoms with Crippen LogP contribution in [0.2, 0.25) is 0 Å². The molecule has 6 heteroatoms. The highest BCUT2D eigenvalue weighted by Gasteiger charge is 2.25. The molecule has 0 unspecified atom stereocenters. The molecule has 1 heterocycles. The van der Waals surface area contributed by atoms with Gasteiger partial charge in [0.25, 0.3) is 0 Å². The van der Waals surface area contributed by atoms with Gasteiger partial charge in [-0.3, -0.25) is 4.79 Å². The van der Waals surface area contributed by atoms with Gasteiger partial charge in [-0.05, 0) is 42.3 Å². The lowest BCUT2D eigenvalue weighted by Crippen LogP contribution is -2.34. The fourth-order valence-electron chi connectivity index (χ4n) is 2.86. The van der Waals surface area contributed by atoms with Gasteiger partial charge in [-0.1, -0.05) is 45.9 Å². The molecule has 1 saturated heterocycles. The second kappa shape index (κ2) is 9.78. The first-order valence-electron chi connectivity index (χ1n) is 8.63. The second-order valence-electron chi connectivity index (χ2n) is 6.81. The predicted molar refractivity (Wildman–Crippen MR) is 99.5 cm³/mol. The summed E-state index contributed by atoms with van der Waals surface area (Å²) in [7, 11) is 0. The quantitative estimate of drug-likeness (QED) is 0.613. The fourth-order valence-corrected chi connectivity index (χ4v) is 2.86. The molecule has 25 heavy (non-hydrogen) atoms. The van der Waals surface area contributed by atoms with E-state index < -0.39 is 5.97 Å². The van der Waals surface area contributed by atoms with Crippen LogP contribution in [-0.4, -0.2) is 31.1 Å². The van der Waals surface area contributed by atoms with Crippen LogP contribution < -0.4 is 10.1 Å². The van der Waals surface area contributed by atoms with Crippen LogP contribution in [0.4, 0.5) is 0 Å². The minimum absolute atomic E-state index is 0. The molecule has 1 N–H and O–H groups in total.